The third kappa shape index (κ3) is 4.96. The van der Waals surface area contributed by atoms with Gasteiger partial charge in [0.2, 0.25) is 0 Å². The summed E-state index contributed by atoms with van der Waals surface area (Å²) in [5.41, 5.74) is 10.2. The topological polar surface area (TPSA) is 99.6 Å². The first-order valence-corrected chi connectivity index (χ1v) is 5.21. The van der Waals surface area contributed by atoms with Gasteiger partial charge in [0.1, 0.15) is 6.61 Å². The van der Waals surface area contributed by atoms with Crippen LogP contribution in [-0.2, 0) is 9.47 Å². The second kappa shape index (κ2) is 6.60. The fraction of sp³-hybridized carbons (Fsp3) is 0.889. The van der Waals surface area contributed by atoms with Gasteiger partial charge in [0, 0.05) is 19.6 Å². The van der Waals surface area contributed by atoms with E-state index >= 15 is 0 Å². The highest BCUT2D eigenvalue weighted by Crippen LogP contribution is 2.19. The third-order valence-corrected chi connectivity index (χ3v) is 2.30. The van der Waals surface area contributed by atoms with Gasteiger partial charge in [-0.15, -0.1) is 0 Å². The molecule has 0 aromatic rings. The molecule has 0 bridgehead atoms. The minimum absolute atomic E-state index is 0.0119. The van der Waals surface area contributed by atoms with Crippen molar-refractivity contribution in [1.29, 1.82) is 0 Å². The van der Waals surface area contributed by atoms with Crippen molar-refractivity contribution in [2.45, 2.75) is 25.0 Å². The molecule has 1 heterocycles. The van der Waals surface area contributed by atoms with Crippen molar-refractivity contribution >= 4 is 6.09 Å². The van der Waals surface area contributed by atoms with Gasteiger partial charge in [-0.25, -0.2) is 4.79 Å². The summed E-state index contributed by atoms with van der Waals surface area (Å²) in [6.45, 7) is 2.47. The molecule has 0 aromatic heterocycles. The number of rotatable bonds is 6. The molecule has 6 nitrogen and oxygen atoms in total. The van der Waals surface area contributed by atoms with Crippen LogP contribution < -0.4 is 16.8 Å². The Bertz CT molecular complexity index is 201. The SMILES string of the molecule is NCCNC[C@H]1CC[C@H](COC(N)=O)O1. The maximum Gasteiger partial charge on any atom is 0.404 e. The fourth-order valence-electron chi connectivity index (χ4n) is 1.59. The van der Waals surface area contributed by atoms with Crippen LogP contribution in [0.1, 0.15) is 12.8 Å². The minimum Gasteiger partial charge on any atom is -0.447 e. The van der Waals surface area contributed by atoms with E-state index in [0.717, 1.165) is 25.9 Å². The monoisotopic (exact) mass is 217 g/mol. The Kier molecular flexibility index (Phi) is 5.38. The number of primary amides is 1. The highest BCUT2D eigenvalue weighted by molar-refractivity contribution is 5.64. The number of carbonyl (C=O) groups is 1. The molecule has 0 radical (unpaired) electrons. The van der Waals surface area contributed by atoms with Gasteiger partial charge < -0.3 is 26.3 Å². The molecule has 6 heteroatoms. The Balaban J connectivity index is 2.07. The Hall–Kier alpha value is -0.850. The molecule has 1 saturated heterocycles. The molecule has 0 aromatic carbocycles. The summed E-state index contributed by atoms with van der Waals surface area (Å²) in [5.74, 6) is 0. The predicted octanol–water partition coefficient (Wildman–Crippen LogP) is -0.822. The van der Waals surface area contributed by atoms with Crippen LogP contribution in [0.4, 0.5) is 4.79 Å². The number of nitrogens with one attached hydrogen (secondary N) is 1. The van der Waals surface area contributed by atoms with Gasteiger partial charge in [0.15, 0.2) is 0 Å². The van der Waals surface area contributed by atoms with Crippen LogP contribution in [0.25, 0.3) is 0 Å². The normalized spacial score (nSPS) is 25.4. The molecule has 1 fully saturated rings. The molecular weight excluding hydrogens is 198 g/mol. The standard InChI is InChI=1S/C9H19N3O3/c10-3-4-12-5-7-1-2-8(15-7)6-14-9(11)13/h7-8,12H,1-6,10H2,(H2,11,13)/t7-,8-/m1/s1. The van der Waals surface area contributed by atoms with Crippen molar-refractivity contribution in [3.63, 3.8) is 0 Å². The first-order valence-electron chi connectivity index (χ1n) is 5.21. The van der Waals surface area contributed by atoms with Crippen LogP contribution in [0, 0.1) is 0 Å². The molecule has 2 atom stereocenters. The lowest BCUT2D eigenvalue weighted by molar-refractivity contribution is 0.00717. The number of hydrogen-bond donors (Lipinski definition) is 3. The van der Waals surface area contributed by atoms with Gasteiger partial charge in [0.25, 0.3) is 0 Å². The van der Waals surface area contributed by atoms with Crippen LogP contribution >= 0.6 is 0 Å². The van der Waals surface area contributed by atoms with E-state index in [1.807, 2.05) is 0 Å². The van der Waals surface area contributed by atoms with Crippen LogP contribution in [-0.4, -0.2) is 44.5 Å². The fourth-order valence-corrected chi connectivity index (χ4v) is 1.59. The van der Waals surface area contributed by atoms with Gasteiger partial charge in [-0.05, 0) is 12.8 Å². The van der Waals surface area contributed by atoms with Gasteiger partial charge in [-0.3, -0.25) is 0 Å². The molecule has 1 aliphatic heterocycles. The van der Waals surface area contributed by atoms with E-state index in [9.17, 15) is 4.79 Å². The van der Waals surface area contributed by atoms with E-state index in [4.69, 9.17) is 16.2 Å². The maximum atomic E-state index is 10.4. The van der Waals surface area contributed by atoms with Gasteiger partial charge >= 0.3 is 6.09 Å². The quantitative estimate of drug-likeness (QED) is 0.505. The lowest BCUT2D eigenvalue weighted by atomic mass is 10.2. The zero-order valence-electron chi connectivity index (χ0n) is 8.78. The third-order valence-electron chi connectivity index (χ3n) is 2.30. The van der Waals surface area contributed by atoms with Gasteiger partial charge in [-0.1, -0.05) is 0 Å². The molecule has 0 spiro atoms. The van der Waals surface area contributed by atoms with Gasteiger partial charge in [-0.2, -0.15) is 0 Å². The first-order chi connectivity index (χ1) is 7.22. The number of nitrogens with two attached hydrogens (primary N) is 2. The van der Waals surface area contributed by atoms with E-state index in [0.29, 0.717) is 6.54 Å². The molecule has 88 valence electrons. The van der Waals surface area contributed by atoms with E-state index in [-0.39, 0.29) is 18.8 Å². The summed E-state index contributed by atoms with van der Waals surface area (Å²) < 4.78 is 10.3. The Morgan fingerprint density at radius 2 is 2.20 bits per heavy atom. The molecular formula is C9H19N3O3. The van der Waals surface area contributed by atoms with Crippen LogP contribution in [0.15, 0.2) is 0 Å². The largest absolute Gasteiger partial charge is 0.447 e. The lowest BCUT2D eigenvalue weighted by Gasteiger charge is -2.13. The van der Waals surface area contributed by atoms with Crippen molar-refractivity contribution in [3.05, 3.63) is 0 Å². The van der Waals surface area contributed by atoms with Crippen LogP contribution in [0.2, 0.25) is 0 Å². The smallest absolute Gasteiger partial charge is 0.404 e. The molecule has 1 rings (SSSR count). The van der Waals surface area contributed by atoms with Crippen molar-refractivity contribution in [2.24, 2.45) is 11.5 Å². The molecule has 0 aliphatic carbocycles. The van der Waals surface area contributed by atoms with E-state index in [2.05, 4.69) is 10.1 Å². The average molecular weight is 217 g/mol. The zero-order chi connectivity index (χ0) is 11.1. The Labute approximate surface area is 89.3 Å². The summed E-state index contributed by atoms with van der Waals surface area (Å²) >= 11 is 0. The van der Waals surface area contributed by atoms with Crippen molar-refractivity contribution in [1.82, 2.24) is 5.32 Å². The summed E-state index contributed by atoms with van der Waals surface area (Å²) in [6.07, 6.45) is 1.32. The predicted molar refractivity (Wildman–Crippen MR) is 55.4 cm³/mol. The number of ether oxygens (including phenoxy) is 2. The molecule has 0 unspecified atom stereocenters. The molecule has 15 heavy (non-hydrogen) atoms. The van der Waals surface area contributed by atoms with E-state index in [1.54, 1.807) is 0 Å². The van der Waals surface area contributed by atoms with Crippen molar-refractivity contribution in [3.8, 4) is 0 Å². The average Bonchev–Trinajstić information content (AvgIpc) is 2.63. The molecule has 1 amide bonds. The van der Waals surface area contributed by atoms with E-state index in [1.165, 1.54) is 0 Å². The number of carbonyl (C=O) groups excluding carboxylic acids is 1. The Morgan fingerprint density at radius 3 is 2.87 bits per heavy atom. The first kappa shape index (κ1) is 12.2. The Morgan fingerprint density at radius 1 is 1.47 bits per heavy atom. The maximum absolute atomic E-state index is 10.4. The highest BCUT2D eigenvalue weighted by atomic mass is 16.6. The summed E-state index contributed by atoms with van der Waals surface area (Å²) in [4.78, 5) is 10.4. The summed E-state index contributed by atoms with van der Waals surface area (Å²) in [5, 5.41) is 3.18. The zero-order valence-corrected chi connectivity index (χ0v) is 8.78. The summed E-state index contributed by atoms with van der Waals surface area (Å²) in [7, 11) is 0. The van der Waals surface area contributed by atoms with Gasteiger partial charge in [0.05, 0.1) is 12.2 Å². The van der Waals surface area contributed by atoms with Crippen molar-refractivity contribution < 1.29 is 14.3 Å². The minimum atomic E-state index is -0.747. The van der Waals surface area contributed by atoms with Crippen LogP contribution in [0.3, 0.4) is 0 Å². The highest BCUT2D eigenvalue weighted by Gasteiger charge is 2.25. The second-order valence-corrected chi connectivity index (χ2v) is 3.58. The molecule has 1 aliphatic rings. The second-order valence-electron chi connectivity index (χ2n) is 3.58. The molecule has 5 N–H and O–H groups in total. The summed E-state index contributed by atoms with van der Waals surface area (Å²) in [6, 6.07) is 0. The van der Waals surface area contributed by atoms with Crippen LogP contribution in [0.5, 0.6) is 0 Å². The number of hydrogen-bond acceptors (Lipinski definition) is 5. The molecule has 0 saturated carbocycles. The van der Waals surface area contributed by atoms with E-state index < -0.39 is 6.09 Å². The lowest BCUT2D eigenvalue weighted by Crippen LogP contribution is -2.31. The number of amides is 1. The van der Waals surface area contributed by atoms with Crippen molar-refractivity contribution in [2.75, 3.05) is 26.2 Å².